The zero-order chi connectivity index (χ0) is 52.1. The van der Waals surface area contributed by atoms with Crippen molar-refractivity contribution in [2.24, 2.45) is 0 Å². The number of ether oxygens (including phenoxy) is 5. The number of fused-ring (bicyclic) bond motifs is 1. The highest BCUT2D eigenvalue weighted by molar-refractivity contribution is 7.10. The van der Waals surface area contributed by atoms with Crippen LogP contribution in [-0.2, 0) is 33.3 Å². The molecule has 0 radical (unpaired) electrons. The molecule has 1 fully saturated rings. The Hall–Kier alpha value is -6.49. The van der Waals surface area contributed by atoms with Gasteiger partial charge >= 0.3 is 0 Å². The predicted octanol–water partition coefficient (Wildman–Crippen LogP) is 8.32. The van der Waals surface area contributed by atoms with Crippen LogP contribution in [0.15, 0.2) is 108 Å². The third kappa shape index (κ3) is 16.3. The molecule has 1 saturated heterocycles. The van der Waals surface area contributed by atoms with E-state index >= 15 is 0 Å². The van der Waals surface area contributed by atoms with Crippen molar-refractivity contribution in [1.29, 1.82) is 5.26 Å². The van der Waals surface area contributed by atoms with Gasteiger partial charge in [-0.15, -0.1) is 11.3 Å². The Balaban J connectivity index is 0.674. The third-order valence-corrected chi connectivity index (χ3v) is 13.6. The number of anilines is 2. The Morgan fingerprint density at radius 2 is 1.34 bits per heavy atom. The normalized spacial score (nSPS) is 16.5. The standard InChI is InChI=1S/C56H64ClN7O9S/c1-39-34-51(62-49-16-14-48(57)15-17-49)50-35-45(13-18-52(50)64(39)40(2)65)41-5-9-43(10-6-41)54(66)60-19-23-69-25-27-71-29-31-73-32-30-72-28-26-70-24-20-61-55(67)44-11-7-42(8-12-44)46-4-3-22-63(38-46)56(68)47(37-58)36-53-59-21-33-74-53/h5-18,21,33,35-36,39,46,51,62H,3-4,19-20,22-32,34,38H2,1-2H3,(H,60,66)(H,61,67)/b47-36+/t39-,46?,51+/m0/s1. The molecule has 0 bridgehead atoms. The Labute approximate surface area is 441 Å². The molecule has 0 saturated carbocycles. The fraction of sp³-hybridized carbons (Fsp3) is 0.393. The second-order valence-corrected chi connectivity index (χ2v) is 19.2. The lowest BCUT2D eigenvalue weighted by Crippen LogP contribution is -2.43. The van der Waals surface area contributed by atoms with Crippen LogP contribution in [0, 0.1) is 11.3 Å². The minimum atomic E-state index is -0.286. The van der Waals surface area contributed by atoms with Crippen LogP contribution in [0.1, 0.15) is 81.9 Å². The first-order valence-corrected chi connectivity index (χ1v) is 26.3. The number of hydrogen-bond donors (Lipinski definition) is 3. The molecule has 0 aliphatic carbocycles. The number of nitrogens with zero attached hydrogens (tertiary/aromatic N) is 4. The van der Waals surface area contributed by atoms with Crippen molar-refractivity contribution in [3.63, 3.8) is 0 Å². The van der Waals surface area contributed by atoms with Crippen LogP contribution in [-0.4, -0.2) is 132 Å². The SMILES string of the molecule is CC(=O)N1c2ccc(-c3ccc(C(=O)NCCOCCOCCOCCOCCOCCNC(=O)c4ccc(C5CCCN(C(=O)/C(C#N)=C/c6nccs6)C5)cc4)cc3)cc2[C@H](Nc2ccc(Cl)cc2)C[C@@H]1C. The van der Waals surface area contributed by atoms with Gasteiger partial charge in [0.05, 0.1) is 72.1 Å². The number of thiazole rings is 1. The van der Waals surface area contributed by atoms with Gasteiger partial charge in [-0.05, 0) is 115 Å². The summed E-state index contributed by atoms with van der Waals surface area (Å²) in [6.45, 7) is 9.39. The molecule has 16 nitrogen and oxygen atoms in total. The number of nitriles is 1. The molecule has 2 aliphatic heterocycles. The van der Waals surface area contributed by atoms with E-state index < -0.39 is 0 Å². The molecular formula is C56H64ClN7O9S. The molecule has 74 heavy (non-hydrogen) atoms. The molecule has 18 heteroatoms. The molecular weight excluding hydrogens is 982 g/mol. The number of benzene rings is 4. The van der Waals surface area contributed by atoms with E-state index in [-0.39, 0.29) is 47.2 Å². The van der Waals surface area contributed by atoms with Gasteiger partial charge in [-0.3, -0.25) is 19.2 Å². The second-order valence-electron chi connectivity index (χ2n) is 17.9. The first kappa shape index (κ1) is 55.3. The van der Waals surface area contributed by atoms with E-state index in [0.717, 1.165) is 52.9 Å². The van der Waals surface area contributed by atoms with Crippen molar-refractivity contribution in [3.8, 4) is 17.2 Å². The average Bonchev–Trinajstić information content (AvgIpc) is 3.94. The van der Waals surface area contributed by atoms with Crippen molar-refractivity contribution < 1.29 is 42.9 Å². The molecule has 3 heterocycles. The first-order valence-electron chi connectivity index (χ1n) is 25.0. The lowest BCUT2D eigenvalue weighted by atomic mass is 9.88. The molecule has 4 amide bonds. The average molecular weight is 1050 g/mol. The van der Waals surface area contributed by atoms with Gasteiger partial charge in [-0.25, -0.2) is 4.98 Å². The Bertz CT molecular complexity index is 2680. The number of carbonyl (C=O) groups excluding carboxylic acids is 4. The Morgan fingerprint density at radius 1 is 0.770 bits per heavy atom. The van der Waals surface area contributed by atoms with Gasteiger partial charge in [0.1, 0.15) is 16.6 Å². The van der Waals surface area contributed by atoms with Crippen molar-refractivity contribution in [3.05, 3.63) is 140 Å². The van der Waals surface area contributed by atoms with Gasteiger partial charge < -0.3 is 49.4 Å². The predicted molar refractivity (Wildman–Crippen MR) is 286 cm³/mol. The number of halogens is 1. The van der Waals surface area contributed by atoms with Gasteiger partial charge in [0.25, 0.3) is 17.7 Å². The van der Waals surface area contributed by atoms with Crippen LogP contribution in [0.5, 0.6) is 0 Å². The van der Waals surface area contributed by atoms with Gasteiger partial charge in [0.2, 0.25) is 5.91 Å². The maximum absolute atomic E-state index is 13.1. The number of amides is 4. The van der Waals surface area contributed by atoms with Crippen LogP contribution in [0.3, 0.4) is 0 Å². The van der Waals surface area contributed by atoms with E-state index in [0.29, 0.717) is 113 Å². The molecule has 0 spiro atoms. The molecule has 5 aromatic rings. The summed E-state index contributed by atoms with van der Waals surface area (Å²) in [5.41, 5.74) is 7.03. The number of nitrogens with one attached hydrogen (secondary N) is 3. The van der Waals surface area contributed by atoms with Crippen LogP contribution in [0.25, 0.3) is 17.2 Å². The van der Waals surface area contributed by atoms with E-state index in [2.05, 4.69) is 33.9 Å². The fourth-order valence-corrected chi connectivity index (χ4v) is 9.66. The van der Waals surface area contributed by atoms with E-state index in [9.17, 15) is 24.4 Å². The van der Waals surface area contributed by atoms with E-state index in [1.165, 1.54) is 11.3 Å². The summed E-state index contributed by atoms with van der Waals surface area (Å²) in [6.07, 6.45) is 5.67. The summed E-state index contributed by atoms with van der Waals surface area (Å²) in [5, 5.41) is 22.1. The third-order valence-electron chi connectivity index (χ3n) is 12.7. The lowest BCUT2D eigenvalue weighted by molar-refractivity contribution is -0.127. The molecule has 1 unspecified atom stereocenters. The Morgan fingerprint density at radius 3 is 1.89 bits per heavy atom. The van der Waals surface area contributed by atoms with Gasteiger partial charge in [0.15, 0.2) is 0 Å². The van der Waals surface area contributed by atoms with Crippen molar-refractivity contribution in [1.82, 2.24) is 20.5 Å². The number of likely N-dealkylation sites (tertiary alicyclic amines) is 1. The minimum absolute atomic E-state index is 0.00305. The molecule has 7 rings (SSSR count). The van der Waals surface area contributed by atoms with Gasteiger partial charge in [0, 0.05) is 84.2 Å². The highest BCUT2D eigenvalue weighted by atomic mass is 35.5. The summed E-state index contributed by atoms with van der Waals surface area (Å²) in [6, 6.07) is 30.7. The maximum atomic E-state index is 13.1. The number of aromatic nitrogens is 1. The topological polar surface area (TPSA) is 194 Å². The van der Waals surface area contributed by atoms with Crippen LogP contribution >= 0.6 is 22.9 Å². The molecule has 3 atom stereocenters. The number of rotatable bonds is 26. The van der Waals surface area contributed by atoms with Crippen LogP contribution in [0.4, 0.5) is 11.4 Å². The molecule has 1 aromatic heterocycles. The zero-order valence-electron chi connectivity index (χ0n) is 41.9. The summed E-state index contributed by atoms with van der Waals surface area (Å²) >= 11 is 7.50. The quantitative estimate of drug-likeness (QED) is 0.0273. The largest absolute Gasteiger partial charge is 0.378 e. The molecule has 390 valence electrons. The highest BCUT2D eigenvalue weighted by Crippen LogP contribution is 2.41. The number of carbonyl (C=O) groups is 4. The zero-order valence-corrected chi connectivity index (χ0v) is 43.5. The summed E-state index contributed by atoms with van der Waals surface area (Å²) in [5.74, 6) is -0.554. The molecule has 3 N–H and O–H groups in total. The van der Waals surface area contributed by atoms with Gasteiger partial charge in [-0.1, -0.05) is 41.9 Å². The number of hydrogen-bond acceptors (Lipinski definition) is 13. The first-order chi connectivity index (χ1) is 36.1. The van der Waals surface area contributed by atoms with E-state index in [4.69, 9.17) is 35.3 Å². The second kappa shape index (κ2) is 28.8. The van der Waals surface area contributed by atoms with E-state index in [1.807, 2.05) is 83.8 Å². The molecule has 4 aromatic carbocycles. The van der Waals surface area contributed by atoms with Crippen LogP contribution in [0.2, 0.25) is 5.02 Å². The molecule has 2 aliphatic rings. The van der Waals surface area contributed by atoms with Crippen molar-refractivity contribution in [2.45, 2.75) is 51.1 Å². The van der Waals surface area contributed by atoms with E-state index in [1.54, 1.807) is 41.6 Å². The monoisotopic (exact) mass is 1050 g/mol. The van der Waals surface area contributed by atoms with Crippen molar-refractivity contribution in [2.75, 3.05) is 102 Å². The summed E-state index contributed by atoms with van der Waals surface area (Å²) in [4.78, 5) is 59.1. The number of piperidine rings is 1. The summed E-state index contributed by atoms with van der Waals surface area (Å²) in [7, 11) is 0. The van der Waals surface area contributed by atoms with Crippen molar-refractivity contribution >= 4 is 64.0 Å². The highest BCUT2D eigenvalue weighted by Gasteiger charge is 2.33. The lowest BCUT2D eigenvalue weighted by Gasteiger charge is -2.39. The fourth-order valence-electron chi connectivity index (χ4n) is 8.96. The maximum Gasteiger partial charge on any atom is 0.264 e. The van der Waals surface area contributed by atoms with Crippen LogP contribution < -0.4 is 20.9 Å². The van der Waals surface area contributed by atoms with Gasteiger partial charge in [-0.2, -0.15) is 5.26 Å². The smallest absolute Gasteiger partial charge is 0.264 e. The minimum Gasteiger partial charge on any atom is -0.378 e. The summed E-state index contributed by atoms with van der Waals surface area (Å²) < 4.78 is 27.9. The Kier molecular flexibility index (Phi) is 21.5.